The molecule has 0 aliphatic carbocycles. The van der Waals surface area contributed by atoms with Crippen LogP contribution in [-0.4, -0.2) is 27.0 Å². The maximum atomic E-state index is 12.7. The Kier molecular flexibility index (Phi) is 6.40. The fraction of sp³-hybridized carbons (Fsp3) is 0.0833. The molecule has 4 rings (SSSR count). The summed E-state index contributed by atoms with van der Waals surface area (Å²) in [7, 11) is 0. The number of hydrogen-bond acceptors (Lipinski definition) is 8. The van der Waals surface area contributed by atoms with Gasteiger partial charge in [-0.25, -0.2) is 4.79 Å². The molecular formula is C24H18N4O6. The van der Waals surface area contributed by atoms with Gasteiger partial charge in [0.05, 0.1) is 16.2 Å². The van der Waals surface area contributed by atoms with Crippen molar-refractivity contribution in [1.82, 2.24) is 10.2 Å². The lowest BCUT2D eigenvalue weighted by Crippen LogP contribution is -2.16. The summed E-state index contributed by atoms with van der Waals surface area (Å²) in [5, 5.41) is 21.2. The van der Waals surface area contributed by atoms with Crippen molar-refractivity contribution >= 4 is 23.3 Å². The molecule has 0 spiro atoms. The summed E-state index contributed by atoms with van der Waals surface area (Å²) in [5.74, 6) is -0.862. The van der Waals surface area contributed by atoms with E-state index < -0.39 is 10.9 Å². The quantitative estimate of drug-likeness (QED) is 0.242. The zero-order valence-electron chi connectivity index (χ0n) is 17.9. The molecule has 10 heteroatoms. The van der Waals surface area contributed by atoms with Gasteiger partial charge < -0.3 is 14.5 Å². The lowest BCUT2D eigenvalue weighted by atomic mass is 10.1. The van der Waals surface area contributed by atoms with Crippen LogP contribution in [-0.2, 0) is 11.3 Å². The molecule has 0 saturated heterocycles. The van der Waals surface area contributed by atoms with E-state index >= 15 is 0 Å². The van der Waals surface area contributed by atoms with Gasteiger partial charge in [0.1, 0.15) is 0 Å². The summed E-state index contributed by atoms with van der Waals surface area (Å²) in [6.07, 6.45) is 0. The number of rotatable bonds is 7. The SMILES string of the molecule is Cc1cccc(C(=O)Nc2ccccc2C(=O)OCc2nnc(-c3ccc([N+](=O)[O-])cc3)o2)c1. The molecule has 10 nitrogen and oxygen atoms in total. The fourth-order valence-corrected chi connectivity index (χ4v) is 3.11. The number of nitro benzene ring substituents is 1. The van der Waals surface area contributed by atoms with Crippen LogP contribution in [0.1, 0.15) is 32.2 Å². The number of nitrogens with zero attached hydrogens (tertiary/aromatic N) is 3. The summed E-state index contributed by atoms with van der Waals surface area (Å²) < 4.78 is 10.8. The molecule has 0 saturated carbocycles. The molecule has 1 aromatic heterocycles. The molecule has 170 valence electrons. The van der Waals surface area contributed by atoms with Crippen LogP contribution in [0.5, 0.6) is 0 Å². The molecule has 34 heavy (non-hydrogen) atoms. The third kappa shape index (κ3) is 5.13. The number of para-hydroxylation sites is 1. The molecule has 0 bridgehead atoms. The highest BCUT2D eigenvalue weighted by Crippen LogP contribution is 2.22. The molecule has 3 aromatic carbocycles. The monoisotopic (exact) mass is 458 g/mol. The highest BCUT2D eigenvalue weighted by Gasteiger charge is 2.17. The van der Waals surface area contributed by atoms with Gasteiger partial charge in [-0.15, -0.1) is 10.2 Å². The number of benzene rings is 3. The second-order valence-corrected chi connectivity index (χ2v) is 7.25. The third-order valence-corrected chi connectivity index (χ3v) is 4.79. The lowest BCUT2D eigenvalue weighted by molar-refractivity contribution is -0.384. The standard InChI is InChI=1S/C24H18N4O6/c1-15-5-4-6-17(13-15)22(29)25-20-8-3-2-7-19(20)24(30)33-14-21-26-27-23(34-21)16-9-11-18(12-10-16)28(31)32/h2-13H,14H2,1H3,(H,25,29). The Balaban J connectivity index is 1.42. The summed E-state index contributed by atoms with van der Waals surface area (Å²) in [4.78, 5) is 35.5. The van der Waals surface area contributed by atoms with Gasteiger partial charge in [0.15, 0.2) is 6.61 Å². The predicted molar refractivity (Wildman–Crippen MR) is 121 cm³/mol. The van der Waals surface area contributed by atoms with Crippen LogP contribution >= 0.6 is 0 Å². The second kappa shape index (κ2) is 9.74. The maximum Gasteiger partial charge on any atom is 0.340 e. The predicted octanol–water partition coefficient (Wildman–Crippen LogP) is 4.56. The minimum absolute atomic E-state index is 0.0444. The minimum Gasteiger partial charge on any atom is -0.452 e. The Morgan fingerprint density at radius 2 is 1.79 bits per heavy atom. The van der Waals surface area contributed by atoms with Crippen molar-refractivity contribution < 1.29 is 23.7 Å². The van der Waals surface area contributed by atoms with Gasteiger partial charge in [0.2, 0.25) is 5.89 Å². The van der Waals surface area contributed by atoms with Crippen molar-refractivity contribution in [3.8, 4) is 11.5 Å². The van der Waals surface area contributed by atoms with Gasteiger partial charge >= 0.3 is 5.97 Å². The minimum atomic E-state index is -0.685. The first-order valence-electron chi connectivity index (χ1n) is 10.1. The van der Waals surface area contributed by atoms with E-state index in [1.165, 1.54) is 30.3 Å². The van der Waals surface area contributed by atoms with Crippen LogP contribution in [0.15, 0.2) is 77.2 Å². The normalized spacial score (nSPS) is 10.5. The van der Waals surface area contributed by atoms with Crippen molar-refractivity contribution in [3.63, 3.8) is 0 Å². The van der Waals surface area contributed by atoms with E-state index in [1.54, 1.807) is 36.4 Å². The molecule has 0 atom stereocenters. The third-order valence-electron chi connectivity index (χ3n) is 4.79. The molecule has 0 radical (unpaired) electrons. The largest absolute Gasteiger partial charge is 0.452 e. The first kappa shape index (κ1) is 22.3. The van der Waals surface area contributed by atoms with Gasteiger partial charge in [-0.1, -0.05) is 29.8 Å². The van der Waals surface area contributed by atoms with E-state index in [0.717, 1.165) is 5.56 Å². The number of aromatic nitrogens is 2. The van der Waals surface area contributed by atoms with Gasteiger partial charge in [0.25, 0.3) is 17.5 Å². The number of nitrogens with one attached hydrogen (secondary N) is 1. The molecule has 1 N–H and O–H groups in total. The second-order valence-electron chi connectivity index (χ2n) is 7.25. The van der Waals surface area contributed by atoms with Crippen molar-refractivity contribution in [3.05, 3.63) is 105 Å². The maximum absolute atomic E-state index is 12.7. The number of non-ortho nitro benzene ring substituents is 1. The lowest BCUT2D eigenvalue weighted by Gasteiger charge is -2.10. The molecule has 1 amide bonds. The van der Waals surface area contributed by atoms with Crippen LogP contribution in [0.2, 0.25) is 0 Å². The average molecular weight is 458 g/mol. The number of carbonyl (C=O) groups is 2. The number of esters is 1. The zero-order valence-corrected chi connectivity index (χ0v) is 17.9. The van der Waals surface area contributed by atoms with Gasteiger partial charge in [-0.05, 0) is 43.3 Å². The first-order valence-corrected chi connectivity index (χ1v) is 10.1. The van der Waals surface area contributed by atoms with Crippen LogP contribution < -0.4 is 5.32 Å². The summed E-state index contributed by atoms with van der Waals surface area (Å²) in [6.45, 7) is 1.59. The zero-order chi connectivity index (χ0) is 24.1. The highest BCUT2D eigenvalue weighted by atomic mass is 16.6. The van der Waals surface area contributed by atoms with Crippen LogP contribution in [0.4, 0.5) is 11.4 Å². The molecule has 1 heterocycles. The Morgan fingerprint density at radius 1 is 1.03 bits per heavy atom. The van der Waals surface area contributed by atoms with Crippen molar-refractivity contribution in [2.45, 2.75) is 13.5 Å². The fourth-order valence-electron chi connectivity index (χ4n) is 3.11. The van der Waals surface area contributed by atoms with Crippen molar-refractivity contribution in [2.24, 2.45) is 0 Å². The van der Waals surface area contributed by atoms with Crippen molar-refractivity contribution in [1.29, 1.82) is 0 Å². The van der Waals surface area contributed by atoms with E-state index in [-0.39, 0.29) is 35.5 Å². The number of nitro groups is 1. The van der Waals surface area contributed by atoms with Crippen molar-refractivity contribution in [2.75, 3.05) is 5.32 Å². The summed E-state index contributed by atoms with van der Waals surface area (Å²) in [5.41, 5.74) is 2.29. The number of carbonyl (C=O) groups excluding carboxylic acids is 2. The molecular weight excluding hydrogens is 440 g/mol. The molecule has 0 fully saturated rings. The highest BCUT2D eigenvalue weighted by molar-refractivity contribution is 6.08. The van der Waals surface area contributed by atoms with E-state index in [1.807, 2.05) is 13.0 Å². The van der Waals surface area contributed by atoms with E-state index in [2.05, 4.69) is 15.5 Å². The Morgan fingerprint density at radius 3 is 2.53 bits per heavy atom. The Hall–Kier alpha value is -4.86. The van der Waals surface area contributed by atoms with E-state index in [9.17, 15) is 19.7 Å². The number of aryl methyl sites for hydroxylation is 1. The van der Waals surface area contributed by atoms with Gasteiger partial charge in [-0.2, -0.15) is 0 Å². The smallest absolute Gasteiger partial charge is 0.340 e. The Labute approximate surface area is 193 Å². The van der Waals surface area contributed by atoms with Crippen LogP contribution in [0, 0.1) is 17.0 Å². The molecule has 4 aromatic rings. The topological polar surface area (TPSA) is 137 Å². The average Bonchev–Trinajstić information content (AvgIpc) is 3.32. The number of amides is 1. The Bertz CT molecular complexity index is 1360. The van der Waals surface area contributed by atoms with Gasteiger partial charge in [-0.3, -0.25) is 14.9 Å². The number of anilines is 1. The van der Waals surface area contributed by atoms with E-state index in [4.69, 9.17) is 9.15 Å². The van der Waals surface area contributed by atoms with Crippen LogP contribution in [0.3, 0.4) is 0 Å². The van der Waals surface area contributed by atoms with E-state index in [0.29, 0.717) is 16.8 Å². The molecule has 0 aliphatic heterocycles. The molecule has 0 unspecified atom stereocenters. The van der Waals surface area contributed by atoms with Crippen LogP contribution in [0.25, 0.3) is 11.5 Å². The summed E-state index contributed by atoms with van der Waals surface area (Å²) >= 11 is 0. The van der Waals surface area contributed by atoms with Gasteiger partial charge in [0, 0.05) is 23.3 Å². The first-order chi connectivity index (χ1) is 16.4. The molecule has 0 aliphatic rings. The number of ether oxygens (including phenoxy) is 1. The summed E-state index contributed by atoms with van der Waals surface area (Å²) in [6, 6.07) is 19.2. The number of hydrogen-bond donors (Lipinski definition) is 1.